The van der Waals surface area contributed by atoms with Crippen molar-refractivity contribution in [2.24, 2.45) is 0 Å². The monoisotopic (exact) mass is 355 g/mol. The fourth-order valence-electron chi connectivity index (χ4n) is 2.03. The number of hydrogen-bond acceptors (Lipinski definition) is 3. The van der Waals surface area contributed by atoms with E-state index in [0.717, 1.165) is 11.4 Å². The number of benzene rings is 1. The third-order valence-electron chi connectivity index (χ3n) is 2.89. The number of nitrogens with zero attached hydrogens (tertiary/aromatic N) is 2. The Kier molecular flexibility index (Phi) is 5.55. The van der Waals surface area contributed by atoms with Crippen molar-refractivity contribution in [3.05, 3.63) is 46.5 Å². The lowest BCUT2D eigenvalue weighted by Gasteiger charge is -2.19. The molecule has 2 aromatic rings. The van der Waals surface area contributed by atoms with Gasteiger partial charge < -0.3 is 14.6 Å². The van der Waals surface area contributed by atoms with Gasteiger partial charge in [-0.05, 0) is 39.0 Å². The second kappa shape index (κ2) is 7.23. The van der Waals surface area contributed by atoms with Crippen LogP contribution in [0.1, 0.15) is 26.5 Å². The molecule has 7 heteroatoms. The van der Waals surface area contributed by atoms with Gasteiger partial charge >= 0.3 is 6.09 Å². The van der Waals surface area contributed by atoms with Gasteiger partial charge in [0, 0.05) is 40.6 Å². The normalized spacial score (nSPS) is 11.3. The first kappa shape index (κ1) is 17.6. The second-order valence-corrected chi connectivity index (χ2v) is 6.93. The van der Waals surface area contributed by atoms with Crippen LogP contribution in [0.25, 0.3) is 5.69 Å². The average molecular weight is 356 g/mol. The minimum absolute atomic E-state index is 0.436. The molecule has 0 spiro atoms. The summed E-state index contributed by atoms with van der Waals surface area (Å²) >= 11 is 12.1. The molecule has 2 rings (SSSR count). The Morgan fingerprint density at radius 3 is 2.52 bits per heavy atom. The molecule has 1 aromatic carbocycles. The third-order valence-corrected chi connectivity index (χ3v) is 3.33. The Bertz CT molecular complexity index is 673. The predicted octanol–water partition coefficient (Wildman–Crippen LogP) is 4.25. The highest BCUT2D eigenvalue weighted by atomic mass is 35.5. The van der Waals surface area contributed by atoms with E-state index in [1.807, 2.05) is 25.3 Å². The highest BCUT2D eigenvalue weighted by molar-refractivity contribution is 6.34. The summed E-state index contributed by atoms with van der Waals surface area (Å²) in [6.45, 7) is 5.91. The number of nitrogens with one attached hydrogen (secondary N) is 1. The number of amides is 1. The van der Waals surface area contributed by atoms with Crippen LogP contribution >= 0.6 is 23.2 Å². The summed E-state index contributed by atoms with van der Waals surface area (Å²) in [4.78, 5) is 15.8. The van der Waals surface area contributed by atoms with Crippen LogP contribution in [0, 0.1) is 0 Å². The van der Waals surface area contributed by atoms with Gasteiger partial charge in [-0.2, -0.15) is 0 Å². The molecule has 1 amide bonds. The molecule has 0 aliphatic carbocycles. The summed E-state index contributed by atoms with van der Waals surface area (Å²) in [6, 6.07) is 5.28. The lowest BCUT2D eigenvalue weighted by Crippen LogP contribution is -2.33. The molecule has 0 aliphatic rings. The molecule has 1 N–H and O–H groups in total. The lowest BCUT2D eigenvalue weighted by atomic mass is 10.2. The number of hydrogen-bond donors (Lipinski definition) is 1. The summed E-state index contributed by atoms with van der Waals surface area (Å²) in [5, 5.41) is 3.83. The Morgan fingerprint density at radius 1 is 1.26 bits per heavy atom. The standard InChI is InChI=1S/C16H19Cl2N3O2/c1-16(2,3)23-15(22)20-5-4-13-9-19-10-21(13)14-7-11(17)6-12(18)8-14/h6-10H,4-5H2,1-3H3,(H,20,22). The largest absolute Gasteiger partial charge is 0.444 e. The van der Waals surface area contributed by atoms with E-state index in [-0.39, 0.29) is 0 Å². The van der Waals surface area contributed by atoms with E-state index >= 15 is 0 Å². The van der Waals surface area contributed by atoms with Crippen LogP contribution in [0.4, 0.5) is 4.79 Å². The fourth-order valence-corrected chi connectivity index (χ4v) is 2.54. The van der Waals surface area contributed by atoms with Gasteiger partial charge in [0.1, 0.15) is 5.60 Å². The molecule has 124 valence electrons. The van der Waals surface area contributed by atoms with Crippen molar-refractivity contribution in [3.63, 3.8) is 0 Å². The Labute approximate surface area is 145 Å². The van der Waals surface area contributed by atoms with E-state index in [2.05, 4.69) is 10.3 Å². The highest BCUT2D eigenvalue weighted by Crippen LogP contribution is 2.22. The Hall–Kier alpha value is -1.72. The summed E-state index contributed by atoms with van der Waals surface area (Å²) in [5.41, 5.74) is 1.25. The van der Waals surface area contributed by atoms with E-state index in [9.17, 15) is 4.79 Å². The van der Waals surface area contributed by atoms with Crippen molar-refractivity contribution in [2.75, 3.05) is 6.54 Å². The van der Waals surface area contributed by atoms with E-state index < -0.39 is 11.7 Å². The van der Waals surface area contributed by atoms with Crippen molar-refractivity contribution in [1.29, 1.82) is 0 Å². The third kappa shape index (κ3) is 5.44. The SMILES string of the molecule is CC(C)(C)OC(=O)NCCc1cncn1-c1cc(Cl)cc(Cl)c1. The molecule has 1 aromatic heterocycles. The molecule has 0 atom stereocenters. The summed E-state index contributed by atoms with van der Waals surface area (Å²) < 4.78 is 7.08. The first-order valence-corrected chi connectivity index (χ1v) is 7.95. The number of aromatic nitrogens is 2. The molecular weight excluding hydrogens is 337 g/mol. The van der Waals surface area contributed by atoms with E-state index in [0.29, 0.717) is 23.0 Å². The van der Waals surface area contributed by atoms with Crippen LogP contribution in [0.2, 0.25) is 10.0 Å². The molecule has 23 heavy (non-hydrogen) atoms. The van der Waals surface area contributed by atoms with Gasteiger partial charge in [-0.1, -0.05) is 23.2 Å². The zero-order valence-corrected chi connectivity index (χ0v) is 14.8. The summed E-state index contributed by atoms with van der Waals surface area (Å²) in [7, 11) is 0. The zero-order valence-electron chi connectivity index (χ0n) is 13.3. The topological polar surface area (TPSA) is 56.1 Å². The van der Waals surface area contributed by atoms with Gasteiger partial charge in [-0.3, -0.25) is 0 Å². The maximum atomic E-state index is 11.6. The Balaban J connectivity index is 2.00. The molecule has 0 radical (unpaired) electrons. The number of imidazole rings is 1. The van der Waals surface area contributed by atoms with Crippen LogP contribution in [0.3, 0.4) is 0 Å². The van der Waals surface area contributed by atoms with Gasteiger partial charge in [0.05, 0.1) is 6.33 Å². The smallest absolute Gasteiger partial charge is 0.407 e. The van der Waals surface area contributed by atoms with Gasteiger partial charge in [-0.15, -0.1) is 0 Å². The van der Waals surface area contributed by atoms with Crippen LogP contribution in [-0.2, 0) is 11.2 Å². The quantitative estimate of drug-likeness (QED) is 0.891. The number of ether oxygens (including phenoxy) is 1. The Morgan fingerprint density at radius 2 is 1.91 bits per heavy atom. The first-order chi connectivity index (χ1) is 10.7. The molecule has 5 nitrogen and oxygen atoms in total. The molecule has 0 saturated carbocycles. The van der Waals surface area contributed by atoms with Crippen LogP contribution in [0.15, 0.2) is 30.7 Å². The van der Waals surface area contributed by atoms with Crippen molar-refractivity contribution in [2.45, 2.75) is 32.8 Å². The number of carbonyl (C=O) groups excluding carboxylic acids is 1. The van der Waals surface area contributed by atoms with Crippen LogP contribution < -0.4 is 5.32 Å². The zero-order chi connectivity index (χ0) is 17.0. The van der Waals surface area contributed by atoms with E-state index in [4.69, 9.17) is 27.9 Å². The number of carbonyl (C=O) groups is 1. The van der Waals surface area contributed by atoms with Gasteiger partial charge in [0.15, 0.2) is 0 Å². The molecule has 1 heterocycles. The molecular formula is C16H19Cl2N3O2. The molecule has 0 saturated heterocycles. The lowest BCUT2D eigenvalue weighted by molar-refractivity contribution is 0.0528. The predicted molar refractivity (Wildman–Crippen MR) is 91.5 cm³/mol. The van der Waals surface area contributed by atoms with Gasteiger partial charge in [0.25, 0.3) is 0 Å². The van der Waals surface area contributed by atoms with Crippen LogP contribution in [-0.4, -0.2) is 27.8 Å². The first-order valence-electron chi connectivity index (χ1n) is 7.19. The average Bonchev–Trinajstić information content (AvgIpc) is 2.83. The van der Waals surface area contributed by atoms with Gasteiger partial charge in [0.2, 0.25) is 0 Å². The molecule has 0 fully saturated rings. The number of alkyl carbamates (subject to hydrolysis) is 1. The molecule has 0 aliphatic heterocycles. The number of halogens is 2. The highest BCUT2D eigenvalue weighted by Gasteiger charge is 2.15. The molecule has 0 unspecified atom stereocenters. The van der Waals surface area contributed by atoms with E-state index in [1.165, 1.54) is 0 Å². The summed E-state index contributed by atoms with van der Waals surface area (Å²) in [5.74, 6) is 0. The van der Waals surface area contributed by atoms with E-state index in [1.54, 1.807) is 30.7 Å². The number of rotatable bonds is 4. The van der Waals surface area contributed by atoms with Crippen molar-refractivity contribution < 1.29 is 9.53 Å². The van der Waals surface area contributed by atoms with Crippen molar-refractivity contribution in [3.8, 4) is 5.69 Å². The van der Waals surface area contributed by atoms with Crippen LogP contribution in [0.5, 0.6) is 0 Å². The fraction of sp³-hybridized carbons (Fsp3) is 0.375. The maximum Gasteiger partial charge on any atom is 0.407 e. The minimum atomic E-state index is -0.511. The van der Waals surface area contributed by atoms with Crippen molar-refractivity contribution >= 4 is 29.3 Å². The van der Waals surface area contributed by atoms with Crippen molar-refractivity contribution in [1.82, 2.24) is 14.9 Å². The minimum Gasteiger partial charge on any atom is -0.444 e. The second-order valence-electron chi connectivity index (χ2n) is 6.06. The molecule has 0 bridgehead atoms. The summed E-state index contributed by atoms with van der Waals surface area (Å²) in [6.07, 6.45) is 3.59. The maximum absolute atomic E-state index is 11.6. The van der Waals surface area contributed by atoms with Gasteiger partial charge in [-0.25, -0.2) is 9.78 Å².